The molecule has 8 nitrogen and oxygen atoms in total. The van der Waals surface area contributed by atoms with Crippen molar-refractivity contribution in [1.29, 1.82) is 5.26 Å². The molecule has 0 aliphatic heterocycles. The maximum absolute atomic E-state index is 12.2. The van der Waals surface area contributed by atoms with E-state index in [0.717, 1.165) is 0 Å². The van der Waals surface area contributed by atoms with Crippen molar-refractivity contribution in [2.75, 3.05) is 12.3 Å². The maximum atomic E-state index is 12.2. The van der Waals surface area contributed by atoms with Gasteiger partial charge in [0, 0.05) is 23.4 Å². The molecule has 11 heteroatoms. The molecule has 2 N–H and O–H groups in total. The number of halogens is 3. The first-order valence-corrected chi connectivity index (χ1v) is 7.75. The van der Waals surface area contributed by atoms with E-state index >= 15 is 0 Å². The Labute approximate surface area is 150 Å². The molecule has 0 unspecified atom stereocenters. The largest absolute Gasteiger partial charge is 0.490 e. The van der Waals surface area contributed by atoms with Crippen LogP contribution in [0.2, 0.25) is 0 Å². The molecule has 3 heterocycles. The number of hydrogen-bond donors (Lipinski definition) is 1. The molecule has 0 aliphatic rings. The summed E-state index contributed by atoms with van der Waals surface area (Å²) in [5.74, 6) is -0.00975. The van der Waals surface area contributed by atoms with Crippen molar-refractivity contribution in [2.24, 2.45) is 0 Å². The SMILES string of the molecule is Cc1nc2nonc2c(N)c1Cc1ccc(OCCC(F)(F)F)c(C#N)n1. The third-order valence-corrected chi connectivity index (χ3v) is 3.78. The Bertz CT molecular complexity index is 1030. The number of nitrogen functional groups attached to an aromatic ring is 1. The van der Waals surface area contributed by atoms with Crippen molar-refractivity contribution in [3.8, 4) is 11.8 Å². The van der Waals surface area contributed by atoms with Crippen LogP contribution in [0, 0.1) is 18.3 Å². The molecule has 140 valence electrons. The molecular weight excluding hydrogens is 365 g/mol. The monoisotopic (exact) mass is 378 g/mol. The highest BCUT2D eigenvalue weighted by molar-refractivity contribution is 5.85. The van der Waals surface area contributed by atoms with E-state index < -0.39 is 19.2 Å². The number of aryl methyl sites for hydroxylation is 1. The molecule has 3 aromatic heterocycles. The molecular formula is C16H13F3N6O2. The van der Waals surface area contributed by atoms with Crippen LogP contribution in [0.4, 0.5) is 18.9 Å². The van der Waals surface area contributed by atoms with Gasteiger partial charge in [-0.3, -0.25) is 0 Å². The van der Waals surface area contributed by atoms with Gasteiger partial charge in [0.25, 0.3) is 0 Å². The zero-order chi connectivity index (χ0) is 19.6. The fraction of sp³-hybridized carbons (Fsp3) is 0.312. The van der Waals surface area contributed by atoms with Crippen molar-refractivity contribution in [2.45, 2.75) is 25.9 Å². The molecule has 27 heavy (non-hydrogen) atoms. The van der Waals surface area contributed by atoms with Crippen LogP contribution < -0.4 is 10.5 Å². The highest BCUT2D eigenvalue weighted by Gasteiger charge is 2.27. The number of nitrogens with two attached hydrogens (primary N) is 1. The van der Waals surface area contributed by atoms with Crippen molar-refractivity contribution >= 4 is 16.9 Å². The Morgan fingerprint density at radius 3 is 2.74 bits per heavy atom. The number of aromatic nitrogens is 4. The van der Waals surface area contributed by atoms with Crippen molar-refractivity contribution in [3.63, 3.8) is 0 Å². The zero-order valence-corrected chi connectivity index (χ0v) is 14.0. The second-order valence-corrected chi connectivity index (χ2v) is 5.68. The molecule has 0 aliphatic carbocycles. The smallest absolute Gasteiger partial charge is 0.392 e. The van der Waals surface area contributed by atoms with E-state index in [1.165, 1.54) is 6.07 Å². The van der Waals surface area contributed by atoms with Gasteiger partial charge in [-0.2, -0.15) is 18.4 Å². The summed E-state index contributed by atoms with van der Waals surface area (Å²) in [6, 6.07) is 4.78. The minimum Gasteiger partial charge on any atom is -0.490 e. The van der Waals surface area contributed by atoms with E-state index in [0.29, 0.717) is 28.2 Å². The van der Waals surface area contributed by atoms with Crippen molar-refractivity contribution < 1.29 is 22.5 Å². The standard InChI is InChI=1S/C16H13F3N6O2/c1-8-10(13(21)14-15(22-8)25-27-24-14)6-9-2-3-12(11(7-20)23-9)26-5-4-16(17,18)19/h2-3H,4-6,21H2,1H3. The highest BCUT2D eigenvalue weighted by atomic mass is 19.4. The molecule has 3 rings (SSSR count). The summed E-state index contributed by atoms with van der Waals surface area (Å²) in [4.78, 5) is 8.39. The zero-order valence-electron chi connectivity index (χ0n) is 14.0. The van der Waals surface area contributed by atoms with Crippen LogP contribution in [0.3, 0.4) is 0 Å². The summed E-state index contributed by atoms with van der Waals surface area (Å²) < 4.78 is 46.3. The fourth-order valence-corrected chi connectivity index (χ4v) is 2.45. The molecule has 0 fully saturated rings. The van der Waals surface area contributed by atoms with Gasteiger partial charge in [-0.05, 0) is 29.4 Å². The predicted octanol–water partition coefficient (Wildman–Crippen LogP) is 2.70. The average molecular weight is 378 g/mol. The summed E-state index contributed by atoms with van der Waals surface area (Å²) >= 11 is 0. The number of nitrogens with zero attached hydrogens (tertiary/aromatic N) is 5. The van der Waals surface area contributed by atoms with Gasteiger partial charge in [0.2, 0.25) is 5.65 Å². The topological polar surface area (TPSA) is 124 Å². The lowest BCUT2D eigenvalue weighted by Crippen LogP contribution is -2.13. The Hall–Kier alpha value is -3.42. The summed E-state index contributed by atoms with van der Waals surface area (Å²) in [6.07, 6.45) is -5.21. The highest BCUT2D eigenvalue weighted by Crippen LogP contribution is 2.27. The number of rotatable bonds is 5. The molecule has 0 radical (unpaired) electrons. The third kappa shape index (κ3) is 4.05. The minimum absolute atomic E-state index is 0.00975. The van der Waals surface area contributed by atoms with Gasteiger partial charge < -0.3 is 10.5 Å². The van der Waals surface area contributed by atoms with Gasteiger partial charge in [-0.15, -0.1) is 0 Å². The number of hydrogen-bond acceptors (Lipinski definition) is 8. The summed E-state index contributed by atoms with van der Waals surface area (Å²) in [5, 5.41) is 16.6. The van der Waals surface area contributed by atoms with Crippen LogP contribution in [0.1, 0.15) is 29.1 Å². The number of pyridine rings is 2. The Morgan fingerprint density at radius 1 is 1.26 bits per heavy atom. The van der Waals surface area contributed by atoms with Gasteiger partial charge >= 0.3 is 6.18 Å². The van der Waals surface area contributed by atoms with Crippen LogP contribution in [-0.2, 0) is 6.42 Å². The summed E-state index contributed by atoms with van der Waals surface area (Å²) in [6.45, 7) is 1.14. The summed E-state index contributed by atoms with van der Waals surface area (Å²) in [7, 11) is 0. The van der Waals surface area contributed by atoms with E-state index in [4.69, 9.17) is 10.5 Å². The normalized spacial score (nSPS) is 11.5. The lowest BCUT2D eigenvalue weighted by atomic mass is 10.0. The first kappa shape index (κ1) is 18.4. The number of anilines is 1. The van der Waals surface area contributed by atoms with Crippen molar-refractivity contribution in [1.82, 2.24) is 20.3 Å². The number of alkyl halides is 3. The van der Waals surface area contributed by atoms with Crippen LogP contribution in [0.25, 0.3) is 11.2 Å². The molecule has 0 saturated heterocycles. The van der Waals surface area contributed by atoms with Crippen LogP contribution in [-0.4, -0.2) is 33.1 Å². The molecule has 0 bridgehead atoms. The van der Waals surface area contributed by atoms with E-state index in [-0.39, 0.29) is 23.5 Å². The Morgan fingerprint density at radius 2 is 2.04 bits per heavy atom. The quantitative estimate of drug-likeness (QED) is 0.719. The van der Waals surface area contributed by atoms with Crippen molar-refractivity contribution in [3.05, 3.63) is 34.8 Å². The second kappa shape index (κ2) is 7.06. The van der Waals surface area contributed by atoms with Gasteiger partial charge in [-0.1, -0.05) is 0 Å². The molecule has 0 atom stereocenters. The Balaban J connectivity index is 1.83. The Kier molecular flexibility index (Phi) is 4.81. The molecule has 0 aromatic carbocycles. The van der Waals surface area contributed by atoms with Gasteiger partial charge in [0.1, 0.15) is 6.07 Å². The van der Waals surface area contributed by atoms with E-state index in [1.54, 1.807) is 13.0 Å². The lowest BCUT2D eigenvalue weighted by Gasteiger charge is -2.11. The van der Waals surface area contributed by atoms with Gasteiger partial charge in [0.05, 0.1) is 18.7 Å². The third-order valence-electron chi connectivity index (χ3n) is 3.78. The molecule has 0 amide bonds. The second-order valence-electron chi connectivity index (χ2n) is 5.68. The lowest BCUT2D eigenvalue weighted by molar-refractivity contribution is -0.139. The fourth-order valence-electron chi connectivity index (χ4n) is 2.45. The average Bonchev–Trinajstić information content (AvgIpc) is 3.06. The molecule has 0 saturated carbocycles. The number of fused-ring (bicyclic) bond motifs is 1. The number of nitriles is 1. The first-order chi connectivity index (χ1) is 12.8. The van der Waals surface area contributed by atoms with Crippen LogP contribution >= 0.6 is 0 Å². The maximum Gasteiger partial charge on any atom is 0.392 e. The van der Waals surface area contributed by atoms with E-state index in [2.05, 4.69) is 24.9 Å². The van der Waals surface area contributed by atoms with E-state index in [9.17, 15) is 18.4 Å². The minimum atomic E-state index is -4.34. The first-order valence-electron chi connectivity index (χ1n) is 7.75. The molecule has 0 spiro atoms. The summed E-state index contributed by atoms with van der Waals surface area (Å²) in [5.41, 5.74) is 8.64. The molecule has 3 aromatic rings. The predicted molar refractivity (Wildman–Crippen MR) is 86.7 cm³/mol. The van der Waals surface area contributed by atoms with Crippen LogP contribution in [0.5, 0.6) is 5.75 Å². The van der Waals surface area contributed by atoms with E-state index in [1.807, 2.05) is 6.07 Å². The number of ether oxygens (including phenoxy) is 1. The van der Waals surface area contributed by atoms with Crippen LogP contribution in [0.15, 0.2) is 16.8 Å². The van der Waals surface area contributed by atoms with Gasteiger partial charge in [0.15, 0.2) is 17.0 Å². The van der Waals surface area contributed by atoms with Gasteiger partial charge in [-0.25, -0.2) is 14.6 Å².